The smallest absolute Gasteiger partial charge is 0.346 e. The molecule has 0 saturated heterocycles. The molecule has 4 nitrogen and oxygen atoms in total. The van der Waals surface area contributed by atoms with Gasteiger partial charge < -0.3 is 10.0 Å². The molecule has 0 radical (unpaired) electrons. The second-order valence-corrected chi connectivity index (χ2v) is 11.9. The topological polar surface area (TPSA) is 64.3 Å². The Morgan fingerprint density at radius 2 is 1.36 bits per heavy atom. The highest BCUT2D eigenvalue weighted by molar-refractivity contribution is 7.27. The van der Waals surface area contributed by atoms with E-state index in [9.17, 15) is 4.79 Å². The molecule has 3 heterocycles. The number of hydrogen-bond donors (Lipinski definition) is 1. The molecule has 0 atom stereocenters. The fourth-order valence-electron chi connectivity index (χ4n) is 4.40. The lowest BCUT2D eigenvalue weighted by Crippen LogP contribution is -2.08. The zero-order valence-electron chi connectivity index (χ0n) is 20.4. The number of carbonyl (C=O) groups is 1. The van der Waals surface area contributed by atoms with Gasteiger partial charge in [0.05, 0.1) is 5.69 Å². The number of benzene rings is 3. The number of hydrogen-bond acceptors (Lipinski definition) is 6. The number of thiophene rings is 3. The van der Waals surface area contributed by atoms with E-state index >= 15 is 0 Å². The van der Waals surface area contributed by atoms with Crippen LogP contribution in [0.25, 0.3) is 36.4 Å². The van der Waals surface area contributed by atoms with E-state index in [-0.39, 0.29) is 5.57 Å². The zero-order valence-corrected chi connectivity index (χ0v) is 22.9. The molecule has 3 aromatic heterocycles. The van der Waals surface area contributed by atoms with E-state index in [0.717, 1.165) is 31.0 Å². The lowest BCUT2D eigenvalue weighted by molar-refractivity contribution is -0.132. The Bertz CT molecular complexity index is 1870. The van der Waals surface area contributed by atoms with Gasteiger partial charge >= 0.3 is 5.97 Å². The predicted octanol–water partition coefficient (Wildman–Crippen LogP) is 9.82. The van der Waals surface area contributed by atoms with Gasteiger partial charge in [0.2, 0.25) is 0 Å². The third-order valence-electron chi connectivity index (χ3n) is 6.19. The first kappa shape index (κ1) is 24.8. The predicted molar refractivity (Wildman–Crippen MR) is 164 cm³/mol. The number of para-hydroxylation sites is 1. The first-order valence-corrected chi connectivity index (χ1v) is 14.5. The standard InChI is InChI=1S/C32H20N2O2S3/c33-20-22(32(35)36)19-24-13-14-27(37-24)28-15-16-29(38-28)30-17-18-31(39-30)34(23-9-2-1-3-10-23)26-12-6-8-21-7-4-5-11-25(21)26/h1-19H,(H,35,36)/b22-19+. The molecule has 6 rings (SSSR count). The van der Waals surface area contributed by atoms with E-state index in [1.165, 1.54) is 37.9 Å². The third-order valence-corrected chi connectivity index (χ3v) is 9.77. The minimum Gasteiger partial charge on any atom is -0.477 e. The third kappa shape index (κ3) is 5.01. The summed E-state index contributed by atoms with van der Waals surface area (Å²) in [6.45, 7) is 0. The number of carboxylic acid groups (broad SMARTS) is 1. The van der Waals surface area contributed by atoms with Crippen molar-refractivity contribution in [3.05, 3.63) is 120 Å². The summed E-state index contributed by atoms with van der Waals surface area (Å²) in [5.41, 5.74) is 1.97. The van der Waals surface area contributed by atoms with Crippen LogP contribution in [0.5, 0.6) is 0 Å². The maximum absolute atomic E-state index is 11.2. The van der Waals surface area contributed by atoms with Gasteiger partial charge in [-0.1, -0.05) is 54.6 Å². The van der Waals surface area contributed by atoms with Crippen molar-refractivity contribution in [3.8, 4) is 25.6 Å². The Morgan fingerprint density at radius 1 is 0.718 bits per heavy atom. The molecule has 0 fully saturated rings. The first-order valence-electron chi connectivity index (χ1n) is 12.1. The minimum absolute atomic E-state index is 0.268. The van der Waals surface area contributed by atoms with Crippen molar-refractivity contribution in [1.29, 1.82) is 5.26 Å². The van der Waals surface area contributed by atoms with Crippen LogP contribution in [-0.2, 0) is 4.79 Å². The number of fused-ring (bicyclic) bond motifs is 1. The molecule has 0 spiro atoms. The van der Waals surface area contributed by atoms with Crippen LogP contribution in [0.15, 0.2) is 115 Å². The maximum atomic E-state index is 11.2. The molecule has 0 bridgehead atoms. The summed E-state index contributed by atoms with van der Waals surface area (Å²) in [6, 6.07) is 39.4. The quantitative estimate of drug-likeness (QED) is 0.156. The Morgan fingerprint density at radius 3 is 2.13 bits per heavy atom. The molecule has 0 saturated carbocycles. The maximum Gasteiger partial charge on any atom is 0.346 e. The summed E-state index contributed by atoms with van der Waals surface area (Å²) in [7, 11) is 0. The Labute approximate surface area is 237 Å². The van der Waals surface area contributed by atoms with E-state index in [1.54, 1.807) is 28.7 Å². The molecular formula is C32H20N2O2S3. The molecule has 3 aromatic carbocycles. The summed E-state index contributed by atoms with van der Waals surface area (Å²) in [5.74, 6) is -1.22. The second-order valence-electron chi connectivity index (χ2n) is 8.65. The first-order chi connectivity index (χ1) is 19.1. The highest BCUT2D eigenvalue weighted by Crippen LogP contribution is 2.46. The molecule has 0 amide bonds. The largest absolute Gasteiger partial charge is 0.477 e. The molecule has 7 heteroatoms. The van der Waals surface area contributed by atoms with Gasteiger partial charge in [-0.15, -0.1) is 34.0 Å². The molecule has 0 aliphatic carbocycles. The minimum atomic E-state index is -1.22. The van der Waals surface area contributed by atoms with Crippen molar-refractivity contribution < 1.29 is 9.90 Å². The Hall–Kier alpha value is -4.48. The number of aliphatic carboxylic acids is 1. The van der Waals surface area contributed by atoms with E-state index in [4.69, 9.17) is 10.4 Å². The number of rotatable bonds is 7. The SMILES string of the molecule is N#C/C(=C\c1ccc(-c2ccc(-c3ccc(N(c4ccccc4)c4cccc5ccccc45)s3)s2)s1)C(=O)O. The molecular weight excluding hydrogens is 541 g/mol. The summed E-state index contributed by atoms with van der Waals surface area (Å²) in [5, 5.41) is 21.7. The summed E-state index contributed by atoms with van der Waals surface area (Å²) in [6.07, 6.45) is 1.42. The average molecular weight is 561 g/mol. The van der Waals surface area contributed by atoms with Gasteiger partial charge in [-0.25, -0.2) is 4.79 Å². The second kappa shape index (κ2) is 10.7. The molecule has 0 unspecified atom stereocenters. The van der Waals surface area contributed by atoms with Crippen molar-refractivity contribution in [3.63, 3.8) is 0 Å². The number of nitrogens with zero attached hydrogens (tertiary/aromatic N) is 2. The van der Waals surface area contributed by atoms with Crippen LogP contribution in [0.1, 0.15) is 4.88 Å². The van der Waals surface area contributed by atoms with Crippen LogP contribution in [0.3, 0.4) is 0 Å². The van der Waals surface area contributed by atoms with Gasteiger partial charge in [0, 0.05) is 35.5 Å². The van der Waals surface area contributed by atoms with Gasteiger partial charge in [-0.3, -0.25) is 0 Å². The normalized spacial score (nSPS) is 11.4. The fourth-order valence-corrected chi connectivity index (χ4v) is 7.57. The monoisotopic (exact) mass is 560 g/mol. The molecule has 6 aromatic rings. The van der Waals surface area contributed by atoms with Crippen LogP contribution in [-0.4, -0.2) is 11.1 Å². The van der Waals surface area contributed by atoms with E-state index < -0.39 is 5.97 Å². The highest BCUT2D eigenvalue weighted by Gasteiger charge is 2.18. The molecule has 1 N–H and O–H groups in total. The summed E-state index contributed by atoms with van der Waals surface area (Å²) >= 11 is 4.93. The highest BCUT2D eigenvalue weighted by atomic mass is 32.1. The zero-order chi connectivity index (χ0) is 26.8. The van der Waals surface area contributed by atoms with E-state index in [0.29, 0.717) is 0 Å². The number of nitriles is 1. The van der Waals surface area contributed by atoms with Crippen LogP contribution in [0.2, 0.25) is 0 Å². The Kier molecular flexibility index (Phi) is 6.82. The van der Waals surface area contributed by atoms with Crippen molar-refractivity contribution in [2.45, 2.75) is 0 Å². The average Bonchev–Trinajstić information content (AvgIpc) is 3.74. The van der Waals surface area contributed by atoms with Crippen LogP contribution in [0, 0.1) is 11.3 Å². The molecule has 188 valence electrons. The van der Waals surface area contributed by atoms with Crippen molar-refractivity contribution in [1.82, 2.24) is 0 Å². The molecule has 39 heavy (non-hydrogen) atoms. The van der Waals surface area contributed by atoms with Gasteiger partial charge in [0.1, 0.15) is 16.6 Å². The molecule has 0 aliphatic heterocycles. The van der Waals surface area contributed by atoms with Crippen LogP contribution >= 0.6 is 34.0 Å². The van der Waals surface area contributed by atoms with Crippen LogP contribution in [0.4, 0.5) is 16.4 Å². The number of carboxylic acids is 1. The lowest BCUT2D eigenvalue weighted by Gasteiger charge is -2.25. The van der Waals surface area contributed by atoms with Gasteiger partial charge in [-0.05, 0) is 66.1 Å². The summed E-state index contributed by atoms with van der Waals surface area (Å²) in [4.78, 5) is 18.7. The van der Waals surface area contributed by atoms with E-state index in [2.05, 4.69) is 95.9 Å². The number of anilines is 3. The van der Waals surface area contributed by atoms with Crippen LogP contribution < -0.4 is 4.90 Å². The van der Waals surface area contributed by atoms with Crippen molar-refractivity contribution in [2.75, 3.05) is 4.90 Å². The molecule has 0 aliphatic rings. The Balaban J connectivity index is 1.35. The summed E-state index contributed by atoms with van der Waals surface area (Å²) < 4.78 is 0. The van der Waals surface area contributed by atoms with Crippen molar-refractivity contribution >= 4 is 73.2 Å². The van der Waals surface area contributed by atoms with Gasteiger partial charge in [0.25, 0.3) is 0 Å². The van der Waals surface area contributed by atoms with E-state index in [1.807, 2.05) is 18.2 Å². The van der Waals surface area contributed by atoms with Crippen molar-refractivity contribution in [2.24, 2.45) is 0 Å². The lowest BCUT2D eigenvalue weighted by atomic mass is 10.1. The van der Waals surface area contributed by atoms with Gasteiger partial charge in [-0.2, -0.15) is 5.26 Å². The van der Waals surface area contributed by atoms with Gasteiger partial charge in [0.15, 0.2) is 0 Å². The fraction of sp³-hybridized carbons (Fsp3) is 0.